The normalized spacial score (nSPS) is 14.4. The Labute approximate surface area is 192 Å². The van der Waals surface area contributed by atoms with E-state index in [2.05, 4.69) is 29.6 Å². The van der Waals surface area contributed by atoms with Crippen LogP contribution >= 0.6 is 11.3 Å². The Morgan fingerprint density at radius 2 is 1.97 bits per heavy atom. The third kappa shape index (κ3) is 5.64. The second kappa shape index (κ2) is 10.8. The van der Waals surface area contributed by atoms with E-state index in [1.807, 2.05) is 12.1 Å². The highest BCUT2D eigenvalue weighted by Gasteiger charge is 2.26. The molecule has 1 aromatic heterocycles. The van der Waals surface area contributed by atoms with E-state index < -0.39 is 5.91 Å². The van der Waals surface area contributed by atoms with Gasteiger partial charge in [-0.3, -0.25) is 9.59 Å². The van der Waals surface area contributed by atoms with Crippen molar-refractivity contribution in [2.45, 2.75) is 25.2 Å². The molecule has 168 valence electrons. The lowest BCUT2D eigenvalue weighted by Crippen LogP contribution is -2.12. The average molecular weight is 453 g/mol. The van der Waals surface area contributed by atoms with Crippen LogP contribution in [0.1, 0.15) is 45.3 Å². The molecule has 0 saturated carbocycles. The molecular formula is C24H28N4O3S. The topological polar surface area (TPSA) is 97.6 Å². The van der Waals surface area contributed by atoms with E-state index in [4.69, 9.17) is 15.5 Å². The summed E-state index contributed by atoms with van der Waals surface area (Å²) in [4.78, 5) is 28.6. The molecule has 0 spiro atoms. The predicted octanol–water partition coefficient (Wildman–Crippen LogP) is 4.17. The zero-order valence-corrected chi connectivity index (χ0v) is 19.3. The number of rotatable bonds is 6. The fraction of sp³-hybridized carbons (Fsp3) is 0.292. The molecule has 32 heavy (non-hydrogen) atoms. The van der Waals surface area contributed by atoms with Crippen molar-refractivity contribution in [1.29, 1.82) is 0 Å². The molecule has 8 heteroatoms. The van der Waals surface area contributed by atoms with E-state index in [9.17, 15) is 9.59 Å². The first-order chi connectivity index (χ1) is 15.4. The molecule has 1 atom stereocenters. The second-order valence-corrected chi connectivity index (χ2v) is 8.74. The van der Waals surface area contributed by atoms with Crippen LogP contribution in [0.4, 0.5) is 10.8 Å². The monoisotopic (exact) mass is 452 g/mol. The summed E-state index contributed by atoms with van der Waals surface area (Å²) < 4.78 is 5.28. The van der Waals surface area contributed by atoms with Crippen LogP contribution in [0.3, 0.4) is 0 Å². The molecular weight excluding hydrogens is 424 g/mol. The number of nitrogens with zero attached hydrogens (tertiary/aromatic N) is 2. The number of fused-ring (bicyclic) bond motifs is 1. The Bertz CT molecular complexity index is 1070. The minimum absolute atomic E-state index is 0.355. The smallest absolute Gasteiger partial charge is 0.252 e. The quantitative estimate of drug-likeness (QED) is 0.547. The van der Waals surface area contributed by atoms with Crippen molar-refractivity contribution >= 4 is 34.5 Å². The van der Waals surface area contributed by atoms with Crippen LogP contribution in [0, 0.1) is 0 Å². The number of benzene rings is 2. The number of anilines is 2. The van der Waals surface area contributed by atoms with Gasteiger partial charge in [0.05, 0.1) is 18.4 Å². The number of hydrogen-bond acceptors (Lipinski definition) is 6. The number of primary amides is 1. The number of thiazole rings is 1. The molecule has 1 aliphatic rings. The number of hydrogen-bond donors (Lipinski definition) is 2. The molecule has 0 saturated heterocycles. The first kappa shape index (κ1) is 23.3. The summed E-state index contributed by atoms with van der Waals surface area (Å²) in [6, 6.07) is 15.8. The maximum absolute atomic E-state index is 11.5. The van der Waals surface area contributed by atoms with Gasteiger partial charge in [0.2, 0.25) is 6.41 Å². The Hall–Kier alpha value is -3.39. The summed E-state index contributed by atoms with van der Waals surface area (Å²) in [6.07, 6.45) is 4.12. The molecule has 0 bridgehead atoms. The first-order valence-electron chi connectivity index (χ1n) is 10.3. The van der Waals surface area contributed by atoms with Crippen LogP contribution in [0.5, 0.6) is 5.75 Å². The van der Waals surface area contributed by atoms with Gasteiger partial charge < -0.3 is 20.7 Å². The fourth-order valence-electron chi connectivity index (χ4n) is 3.58. The second-order valence-electron chi connectivity index (χ2n) is 7.66. The summed E-state index contributed by atoms with van der Waals surface area (Å²) in [7, 11) is 4.90. The van der Waals surface area contributed by atoms with Gasteiger partial charge in [0.25, 0.3) is 5.91 Å². The van der Waals surface area contributed by atoms with E-state index in [0.29, 0.717) is 17.2 Å². The molecule has 3 aromatic rings. The van der Waals surface area contributed by atoms with Crippen LogP contribution < -0.4 is 15.8 Å². The molecule has 0 fully saturated rings. The number of ether oxygens (including phenoxy) is 1. The van der Waals surface area contributed by atoms with Gasteiger partial charge in [0.15, 0.2) is 5.13 Å². The Morgan fingerprint density at radius 3 is 2.59 bits per heavy atom. The van der Waals surface area contributed by atoms with E-state index in [-0.39, 0.29) is 0 Å². The van der Waals surface area contributed by atoms with Gasteiger partial charge in [0.1, 0.15) is 5.75 Å². The third-order valence-corrected chi connectivity index (χ3v) is 6.13. The van der Waals surface area contributed by atoms with E-state index >= 15 is 0 Å². The maximum atomic E-state index is 11.5. The standard InChI is InChI=1S/C21H21N3O2S.C3H7NO/c1-26-17-12-14(10-11-16(17)20(22)25)23-21-24-19-15(8-5-9-18(19)27-21)13-6-3-2-4-7-13;1-4(2)3-5/h2-4,6-7,10-12,15H,5,8-9H2,1H3,(H2,22,25)(H,23,24);3H,1-2H3. The largest absolute Gasteiger partial charge is 0.496 e. The third-order valence-electron chi connectivity index (χ3n) is 5.09. The number of aromatic nitrogens is 1. The molecule has 1 heterocycles. The first-order valence-corrected chi connectivity index (χ1v) is 11.2. The van der Waals surface area contributed by atoms with Crippen molar-refractivity contribution in [3.63, 3.8) is 0 Å². The SMILES string of the molecule is CN(C)C=O.COc1cc(Nc2nc3c(s2)CCCC3c2ccccc2)ccc1C(N)=O. The molecule has 0 radical (unpaired) electrons. The van der Waals surface area contributed by atoms with Gasteiger partial charge in [0, 0.05) is 36.6 Å². The molecule has 0 aliphatic heterocycles. The van der Waals surface area contributed by atoms with Gasteiger partial charge >= 0.3 is 0 Å². The van der Waals surface area contributed by atoms with Crippen LogP contribution in [0.2, 0.25) is 0 Å². The molecule has 2 amide bonds. The summed E-state index contributed by atoms with van der Waals surface area (Å²) in [5.41, 5.74) is 9.07. The molecule has 1 aliphatic carbocycles. The number of amides is 2. The maximum Gasteiger partial charge on any atom is 0.252 e. The Morgan fingerprint density at radius 1 is 1.25 bits per heavy atom. The van der Waals surface area contributed by atoms with E-state index in [1.54, 1.807) is 37.6 Å². The number of aryl methyl sites for hydroxylation is 1. The van der Waals surface area contributed by atoms with Gasteiger partial charge in [-0.2, -0.15) is 0 Å². The number of nitrogens with two attached hydrogens (primary N) is 1. The van der Waals surface area contributed by atoms with Crippen LogP contribution in [-0.4, -0.2) is 43.4 Å². The molecule has 7 nitrogen and oxygen atoms in total. The Balaban J connectivity index is 0.000000523. The number of carbonyl (C=O) groups is 2. The highest BCUT2D eigenvalue weighted by atomic mass is 32.1. The molecule has 1 unspecified atom stereocenters. The lowest BCUT2D eigenvalue weighted by atomic mass is 9.85. The van der Waals surface area contributed by atoms with Crippen LogP contribution in [0.25, 0.3) is 0 Å². The minimum atomic E-state index is -0.506. The molecule has 2 aromatic carbocycles. The molecule has 3 N–H and O–H groups in total. The Kier molecular flexibility index (Phi) is 7.83. The highest BCUT2D eigenvalue weighted by Crippen LogP contribution is 2.41. The molecule has 4 rings (SSSR count). The zero-order chi connectivity index (χ0) is 23.1. The number of methoxy groups -OCH3 is 1. The van der Waals surface area contributed by atoms with E-state index in [0.717, 1.165) is 30.1 Å². The van der Waals surface area contributed by atoms with E-state index in [1.165, 1.54) is 34.6 Å². The zero-order valence-electron chi connectivity index (χ0n) is 18.5. The minimum Gasteiger partial charge on any atom is -0.496 e. The fourth-order valence-corrected chi connectivity index (χ4v) is 4.66. The lowest BCUT2D eigenvalue weighted by Gasteiger charge is -2.21. The van der Waals surface area contributed by atoms with Crippen molar-refractivity contribution in [3.8, 4) is 5.75 Å². The average Bonchev–Trinajstić information content (AvgIpc) is 3.22. The summed E-state index contributed by atoms with van der Waals surface area (Å²) in [5.74, 6) is 0.304. The number of carbonyl (C=O) groups excluding carboxylic acids is 2. The van der Waals surface area contributed by atoms with Crippen molar-refractivity contribution < 1.29 is 14.3 Å². The van der Waals surface area contributed by atoms with Gasteiger partial charge in [-0.15, -0.1) is 11.3 Å². The van der Waals surface area contributed by atoms with Crippen molar-refractivity contribution in [1.82, 2.24) is 9.88 Å². The van der Waals surface area contributed by atoms with Gasteiger partial charge in [-0.05, 0) is 37.0 Å². The summed E-state index contributed by atoms with van der Waals surface area (Å²) in [6.45, 7) is 0. The van der Waals surface area contributed by atoms with Gasteiger partial charge in [-0.1, -0.05) is 30.3 Å². The van der Waals surface area contributed by atoms with Crippen LogP contribution in [-0.2, 0) is 11.2 Å². The van der Waals surface area contributed by atoms with Crippen molar-refractivity contribution in [2.75, 3.05) is 26.5 Å². The summed E-state index contributed by atoms with van der Waals surface area (Å²) >= 11 is 1.70. The lowest BCUT2D eigenvalue weighted by molar-refractivity contribution is -0.115. The van der Waals surface area contributed by atoms with Crippen LogP contribution in [0.15, 0.2) is 48.5 Å². The predicted molar refractivity (Wildman–Crippen MR) is 128 cm³/mol. The number of nitrogens with one attached hydrogen (secondary N) is 1. The van der Waals surface area contributed by atoms with Crippen molar-refractivity contribution in [2.24, 2.45) is 5.73 Å². The summed E-state index contributed by atoms with van der Waals surface area (Å²) in [5, 5.41) is 4.21. The highest BCUT2D eigenvalue weighted by molar-refractivity contribution is 7.15. The van der Waals surface area contributed by atoms with Crippen molar-refractivity contribution in [3.05, 3.63) is 70.2 Å². The van der Waals surface area contributed by atoms with Gasteiger partial charge in [-0.25, -0.2) is 4.98 Å².